The standard InChI is InChI=1S/C15H20ClNO3/c1-11(9-17-6-2-3-7-17)10-20-14-5-4-12(16)8-13(14)15(18)19/h4-5,8,11H,2-3,6-7,9-10H2,1H3,(H,18,19). The first-order valence-electron chi connectivity index (χ1n) is 6.94. The zero-order chi connectivity index (χ0) is 14.5. The van der Waals surface area contributed by atoms with Gasteiger partial charge in [0.1, 0.15) is 11.3 Å². The summed E-state index contributed by atoms with van der Waals surface area (Å²) >= 11 is 5.81. The third kappa shape index (κ3) is 4.12. The Bertz CT molecular complexity index is 472. The third-order valence-electron chi connectivity index (χ3n) is 3.46. The van der Waals surface area contributed by atoms with Gasteiger partial charge in [0, 0.05) is 17.5 Å². The van der Waals surface area contributed by atoms with Gasteiger partial charge in [-0.3, -0.25) is 0 Å². The second-order valence-corrected chi connectivity index (χ2v) is 5.81. The molecular formula is C15H20ClNO3. The van der Waals surface area contributed by atoms with Crippen LogP contribution < -0.4 is 4.74 Å². The van der Waals surface area contributed by atoms with Crippen LogP contribution in [0, 0.1) is 5.92 Å². The average molecular weight is 298 g/mol. The van der Waals surface area contributed by atoms with Crippen LogP contribution in [-0.2, 0) is 0 Å². The van der Waals surface area contributed by atoms with Crippen molar-refractivity contribution in [2.24, 2.45) is 5.92 Å². The first-order valence-corrected chi connectivity index (χ1v) is 7.32. The minimum absolute atomic E-state index is 0.117. The predicted octanol–water partition coefficient (Wildman–Crippen LogP) is 3.15. The number of halogens is 1. The van der Waals surface area contributed by atoms with Crippen LogP contribution in [0.2, 0.25) is 5.02 Å². The molecule has 1 atom stereocenters. The van der Waals surface area contributed by atoms with Crippen molar-refractivity contribution >= 4 is 17.6 Å². The van der Waals surface area contributed by atoms with Gasteiger partial charge in [-0.2, -0.15) is 0 Å². The average Bonchev–Trinajstić information content (AvgIpc) is 2.90. The molecule has 1 N–H and O–H groups in total. The molecule has 1 saturated heterocycles. The minimum Gasteiger partial charge on any atom is -0.492 e. The van der Waals surface area contributed by atoms with Gasteiger partial charge in [0.25, 0.3) is 0 Å². The number of benzene rings is 1. The molecule has 1 aliphatic rings. The van der Waals surface area contributed by atoms with E-state index in [0.717, 1.165) is 19.6 Å². The fraction of sp³-hybridized carbons (Fsp3) is 0.533. The molecule has 0 amide bonds. The number of likely N-dealkylation sites (tertiary alicyclic amines) is 1. The van der Waals surface area contributed by atoms with Gasteiger partial charge in [-0.25, -0.2) is 4.79 Å². The monoisotopic (exact) mass is 297 g/mol. The van der Waals surface area contributed by atoms with Crippen LogP contribution >= 0.6 is 11.6 Å². The van der Waals surface area contributed by atoms with Gasteiger partial charge >= 0.3 is 5.97 Å². The maximum Gasteiger partial charge on any atom is 0.339 e. The molecule has 0 saturated carbocycles. The molecule has 1 aliphatic heterocycles. The van der Waals surface area contributed by atoms with Crippen LogP contribution in [0.15, 0.2) is 18.2 Å². The van der Waals surface area contributed by atoms with E-state index in [1.165, 1.54) is 18.9 Å². The molecule has 1 unspecified atom stereocenters. The number of ether oxygens (including phenoxy) is 1. The Kier molecular flexibility index (Phi) is 5.26. The number of carboxylic acids is 1. The maximum absolute atomic E-state index is 11.2. The van der Waals surface area contributed by atoms with Crippen molar-refractivity contribution in [3.05, 3.63) is 28.8 Å². The summed E-state index contributed by atoms with van der Waals surface area (Å²) in [5.41, 5.74) is 0.117. The quantitative estimate of drug-likeness (QED) is 0.876. The molecule has 5 heteroatoms. The van der Waals surface area contributed by atoms with E-state index < -0.39 is 5.97 Å². The molecular weight excluding hydrogens is 278 g/mol. The number of hydrogen-bond acceptors (Lipinski definition) is 3. The van der Waals surface area contributed by atoms with E-state index in [1.807, 2.05) is 0 Å². The number of nitrogens with zero attached hydrogens (tertiary/aromatic N) is 1. The lowest BCUT2D eigenvalue weighted by Gasteiger charge is -2.20. The molecule has 2 rings (SSSR count). The van der Waals surface area contributed by atoms with Crippen molar-refractivity contribution in [2.45, 2.75) is 19.8 Å². The first-order chi connectivity index (χ1) is 9.56. The van der Waals surface area contributed by atoms with Gasteiger partial charge in [0.15, 0.2) is 0 Å². The Labute approximate surface area is 124 Å². The van der Waals surface area contributed by atoms with Crippen LogP contribution in [0.4, 0.5) is 0 Å². The molecule has 0 aromatic heterocycles. The van der Waals surface area contributed by atoms with Gasteiger partial charge < -0.3 is 14.7 Å². The summed E-state index contributed by atoms with van der Waals surface area (Å²) in [6.45, 7) is 5.94. The SMILES string of the molecule is CC(COc1ccc(Cl)cc1C(=O)O)CN1CCCC1. The molecule has 1 fully saturated rings. The van der Waals surface area contributed by atoms with Crippen LogP contribution in [0.3, 0.4) is 0 Å². The van der Waals surface area contributed by atoms with Crippen LogP contribution in [-0.4, -0.2) is 42.2 Å². The molecule has 20 heavy (non-hydrogen) atoms. The summed E-state index contributed by atoms with van der Waals surface area (Å²) in [5, 5.41) is 9.54. The maximum atomic E-state index is 11.2. The Morgan fingerprint density at radius 3 is 2.80 bits per heavy atom. The molecule has 1 heterocycles. The normalized spacial score (nSPS) is 17.1. The summed E-state index contributed by atoms with van der Waals surface area (Å²) in [6, 6.07) is 4.69. The number of hydrogen-bond donors (Lipinski definition) is 1. The van der Waals surface area contributed by atoms with Gasteiger partial charge in [-0.1, -0.05) is 18.5 Å². The lowest BCUT2D eigenvalue weighted by atomic mass is 10.1. The largest absolute Gasteiger partial charge is 0.492 e. The van der Waals surface area contributed by atoms with Gasteiger partial charge in [-0.15, -0.1) is 0 Å². The Morgan fingerprint density at radius 2 is 2.15 bits per heavy atom. The Morgan fingerprint density at radius 1 is 1.45 bits per heavy atom. The van der Waals surface area contributed by atoms with Crippen LogP contribution in [0.5, 0.6) is 5.75 Å². The molecule has 110 valence electrons. The molecule has 1 aromatic rings. The summed E-state index contributed by atoms with van der Waals surface area (Å²) in [6.07, 6.45) is 2.54. The highest BCUT2D eigenvalue weighted by molar-refractivity contribution is 6.31. The van der Waals surface area contributed by atoms with E-state index >= 15 is 0 Å². The highest BCUT2D eigenvalue weighted by Crippen LogP contribution is 2.23. The van der Waals surface area contributed by atoms with E-state index in [9.17, 15) is 4.79 Å². The van der Waals surface area contributed by atoms with Gasteiger partial charge in [-0.05, 0) is 44.1 Å². The van der Waals surface area contributed by atoms with E-state index in [1.54, 1.807) is 12.1 Å². The molecule has 0 spiro atoms. The van der Waals surface area contributed by atoms with Crippen molar-refractivity contribution in [1.82, 2.24) is 4.90 Å². The second kappa shape index (κ2) is 6.95. The van der Waals surface area contributed by atoms with E-state index in [0.29, 0.717) is 23.3 Å². The number of aromatic carboxylic acids is 1. The first kappa shape index (κ1) is 15.1. The fourth-order valence-corrected chi connectivity index (χ4v) is 2.66. The topological polar surface area (TPSA) is 49.8 Å². The van der Waals surface area contributed by atoms with Crippen molar-refractivity contribution in [3.63, 3.8) is 0 Å². The molecule has 4 nitrogen and oxygen atoms in total. The van der Waals surface area contributed by atoms with Gasteiger partial charge in [0.2, 0.25) is 0 Å². The third-order valence-corrected chi connectivity index (χ3v) is 3.70. The van der Waals surface area contributed by atoms with E-state index in [-0.39, 0.29) is 5.56 Å². The minimum atomic E-state index is -1.02. The summed E-state index contributed by atoms with van der Waals surface area (Å²) in [5.74, 6) is -0.268. The summed E-state index contributed by atoms with van der Waals surface area (Å²) in [4.78, 5) is 13.6. The zero-order valence-electron chi connectivity index (χ0n) is 11.6. The van der Waals surface area contributed by atoms with Crippen LogP contribution in [0.25, 0.3) is 0 Å². The lowest BCUT2D eigenvalue weighted by molar-refractivity contribution is 0.0691. The molecule has 0 bridgehead atoms. The van der Waals surface area contributed by atoms with Crippen molar-refractivity contribution in [3.8, 4) is 5.75 Å². The fourth-order valence-electron chi connectivity index (χ4n) is 2.49. The van der Waals surface area contributed by atoms with Crippen molar-refractivity contribution in [1.29, 1.82) is 0 Å². The smallest absolute Gasteiger partial charge is 0.339 e. The van der Waals surface area contributed by atoms with Crippen molar-refractivity contribution < 1.29 is 14.6 Å². The molecule has 0 aliphatic carbocycles. The lowest BCUT2D eigenvalue weighted by Crippen LogP contribution is -2.28. The molecule has 0 radical (unpaired) electrons. The highest BCUT2D eigenvalue weighted by atomic mass is 35.5. The Hall–Kier alpha value is -1.26. The van der Waals surface area contributed by atoms with Gasteiger partial charge in [0.05, 0.1) is 6.61 Å². The number of rotatable bonds is 6. The number of carbonyl (C=O) groups is 1. The molecule has 1 aromatic carbocycles. The summed E-state index contributed by atoms with van der Waals surface area (Å²) < 4.78 is 5.66. The van der Waals surface area contributed by atoms with Crippen LogP contribution in [0.1, 0.15) is 30.1 Å². The predicted molar refractivity (Wildman–Crippen MR) is 78.7 cm³/mol. The second-order valence-electron chi connectivity index (χ2n) is 5.37. The zero-order valence-corrected chi connectivity index (χ0v) is 12.4. The summed E-state index contributed by atoms with van der Waals surface area (Å²) in [7, 11) is 0. The van der Waals surface area contributed by atoms with E-state index in [2.05, 4.69) is 11.8 Å². The number of carboxylic acid groups (broad SMARTS) is 1. The van der Waals surface area contributed by atoms with E-state index in [4.69, 9.17) is 21.4 Å². The highest BCUT2D eigenvalue weighted by Gasteiger charge is 2.17. The Balaban J connectivity index is 1.91. The van der Waals surface area contributed by atoms with Crippen molar-refractivity contribution in [2.75, 3.05) is 26.2 Å².